The summed E-state index contributed by atoms with van der Waals surface area (Å²) in [7, 11) is -4.58. The molecule has 0 unspecified atom stereocenters. The van der Waals surface area contributed by atoms with Crippen molar-refractivity contribution in [2.24, 2.45) is 0 Å². The number of carbonyl (C=O) groups is 1. The molecule has 0 saturated carbocycles. The maximum absolute atomic E-state index is 13.1. The van der Waals surface area contributed by atoms with Crippen LogP contribution in [0.1, 0.15) is 40.0 Å². The molecule has 1 fully saturated rings. The minimum absolute atomic E-state index is 0.183. The van der Waals surface area contributed by atoms with Crippen LogP contribution < -0.4 is 5.32 Å². The van der Waals surface area contributed by atoms with Gasteiger partial charge < -0.3 is 5.32 Å². The molecule has 10 heteroatoms. The van der Waals surface area contributed by atoms with Crippen LogP contribution in [0.3, 0.4) is 0 Å². The van der Waals surface area contributed by atoms with Gasteiger partial charge in [-0.3, -0.25) is 9.00 Å². The number of nitrogens with zero attached hydrogens (tertiary/aromatic N) is 3. The monoisotopic (exact) mass is 484 g/mol. The van der Waals surface area contributed by atoms with Crippen LogP contribution in [-0.4, -0.2) is 45.7 Å². The number of carbonyl (C=O) groups excluding carboxylic acids is 1. The summed E-state index contributed by atoms with van der Waals surface area (Å²) in [4.78, 5) is 13.3. The molecule has 0 spiro atoms. The summed E-state index contributed by atoms with van der Waals surface area (Å²) in [5.41, 5.74) is 3.66. The van der Waals surface area contributed by atoms with Crippen molar-refractivity contribution in [3.8, 4) is 5.69 Å². The number of aryl methyl sites for hydroxylation is 1. The third kappa shape index (κ3) is 4.03. The van der Waals surface area contributed by atoms with Crippen molar-refractivity contribution >= 4 is 32.5 Å². The van der Waals surface area contributed by atoms with Crippen molar-refractivity contribution in [1.29, 1.82) is 0 Å². The quantitative estimate of drug-likeness (QED) is 0.600. The molecular formula is C23H24N4O4S2. The van der Waals surface area contributed by atoms with Gasteiger partial charge in [-0.05, 0) is 55.7 Å². The Morgan fingerprint density at radius 2 is 1.73 bits per heavy atom. The first kappa shape index (κ1) is 22.0. The highest BCUT2D eigenvalue weighted by Crippen LogP contribution is 2.32. The first-order valence-corrected chi connectivity index (χ1v) is 13.7. The average Bonchev–Trinajstić information content (AvgIpc) is 3.52. The molecule has 2 aromatic carbocycles. The smallest absolute Gasteiger partial charge is 0.256 e. The van der Waals surface area contributed by atoms with Crippen molar-refractivity contribution in [2.75, 3.05) is 18.4 Å². The van der Waals surface area contributed by atoms with Gasteiger partial charge in [0, 0.05) is 35.0 Å². The van der Waals surface area contributed by atoms with Crippen LogP contribution in [0.5, 0.6) is 0 Å². The molecule has 0 bridgehead atoms. The topological polar surface area (TPSA) is 101 Å². The lowest BCUT2D eigenvalue weighted by Gasteiger charge is -2.16. The summed E-state index contributed by atoms with van der Waals surface area (Å²) >= 11 is 0. The number of benzene rings is 2. The lowest BCUT2D eigenvalue weighted by Crippen LogP contribution is -2.27. The van der Waals surface area contributed by atoms with Crippen molar-refractivity contribution < 1.29 is 17.4 Å². The van der Waals surface area contributed by atoms with Gasteiger partial charge in [0.05, 0.1) is 27.8 Å². The second-order valence-electron chi connectivity index (χ2n) is 8.29. The Balaban J connectivity index is 1.45. The molecule has 1 N–H and O–H groups in total. The highest BCUT2D eigenvalue weighted by atomic mass is 32.2. The van der Waals surface area contributed by atoms with Crippen molar-refractivity contribution in [2.45, 2.75) is 36.2 Å². The van der Waals surface area contributed by atoms with E-state index >= 15 is 0 Å². The molecular weight excluding hydrogens is 460 g/mol. The van der Waals surface area contributed by atoms with Crippen molar-refractivity contribution in [3.63, 3.8) is 0 Å². The van der Waals surface area contributed by atoms with Crippen LogP contribution in [0.2, 0.25) is 0 Å². The molecule has 8 nitrogen and oxygen atoms in total. The molecule has 1 amide bonds. The Morgan fingerprint density at radius 3 is 2.42 bits per heavy atom. The summed E-state index contributed by atoms with van der Waals surface area (Å²) in [6.07, 6.45) is 1.73. The fraction of sp³-hybridized carbons (Fsp3) is 0.304. The normalized spacial score (nSPS) is 18.4. The van der Waals surface area contributed by atoms with Gasteiger partial charge in [-0.15, -0.1) is 0 Å². The molecule has 1 aromatic heterocycles. The molecule has 2 aliphatic rings. The van der Waals surface area contributed by atoms with Gasteiger partial charge in [0.1, 0.15) is 5.82 Å². The number of fused-ring (bicyclic) bond motifs is 1. The number of sulfonamides is 1. The van der Waals surface area contributed by atoms with E-state index in [4.69, 9.17) is 0 Å². The van der Waals surface area contributed by atoms with E-state index in [1.54, 1.807) is 4.68 Å². The predicted molar refractivity (Wildman–Crippen MR) is 126 cm³/mol. The van der Waals surface area contributed by atoms with Crippen molar-refractivity contribution in [1.82, 2.24) is 14.1 Å². The van der Waals surface area contributed by atoms with E-state index in [0.717, 1.165) is 35.3 Å². The van der Waals surface area contributed by atoms with E-state index in [-0.39, 0.29) is 10.8 Å². The Kier molecular flexibility index (Phi) is 5.67. The first-order valence-electron chi connectivity index (χ1n) is 10.8. The third-order valence-corrected chi connectivity index (χ3v) is 9.18. The summed E-state index contributed by atoms with van der Waals surface area (Å²) in [6.45, 7) is 3.02. The molecule has 33 heavy (non-hydrogen) atoms. The largest absolute Gasteiger partial charge is 0.306 e. The van der Waals surface area contributed by atoms with Crippen LogP contribution in [0.25, 0.3) is 5.69 Å². The zero-order valence-electron chi connectivity index (χ0n) is 18.2. The minimum Gasteiger partial charge on any atom is -0.306 e. The van der Waals surface area contributed by atoms with Gasteiger partial charge in [0.15, 0.2) is 0 Å². The van der Waals surface area contributed by atoms with E-state index in [1.807, 2.05) is 31.2 Å². The highest BCUT2D eigenvalue weighted by Gasteiger charge is 2.30. The molecule has 5 rings (SSSR count). The Bertz CT molecular complexity index is 1360. The lowest BCUT2D eigenvalue weighted by molar-refractivity contribution is 0.102. The highest BCUT2D eigenvalue weighted by molar-refractivity contribution is 7.89. The Hall–Kier alpha value is -2.82. The Labute approximate surface area is 195 Å². The van der Waals surface area contributed by atoms with E-state index in [9.17, 15) is 17.4 Å². The van der Waals surface area contributed by atoms with Crippen LogP contribution in [0, 0.1) is 6.92 Å². The zero-order chi connectivity index (χ0) is 23.2. The summed E-state index contributed by atoms with van der Waals surface area (Å²) in [6, 6.07) is 13.7. The molecule has 2 aliphatic heterocycles. The number of anilines is 1. The molecule has 0 radical (unpaired) electrons. The minimum atomic E-state index is -3.54. The average molecular weight is 485 g/mol. The number of nitrogens with one attached hydrogen (secondary N) is 1. The zero-order valence-corrected chi connectivity index (χ0v) is 19.8. The maximum Gasteiger partial charge on any atom is 0.256 e. The van der Waals surface area contributed by atoms with Crippen LogP contribution in [0.4, 0.5) is 5.82 Å². The fourth-order valence-electron chi connectivity index (χ4n) is 4.27. The van der Waals surface area contributed by atoms with Gasteiger partial charge in [-0.2, -0.15) is 9.40 Å². The van der Waals surface area contributed by atoms with Gasteiger partial charge >= 0.3 is 0 Å². The van der Waals surface area contributed by atoms with E-state index in [0.29, 0.717) is 36.0 Å². The van der Waals surface area contributed by atoms with Crippen LogP contribution in [-0.2, 0) is 32.3 Å². The van der Waals surface area contributed by atoms with Crippen molar-refractivity contribution in [3.05, 3.63) is 70.9 Å². The summed E-state index contributed by atoms with van der Waals surface area (Å²) < 4.78 is 40.8. The number of rotatable bonds is 5. The van der Waals surface area contributed by atoms with Gasteiger partial charge in [-0.1, -0.05) is 18.2 Å². The lowest BCUT2D eigenvalue weighted by atomic mass is 10.2. The number of para-hydroxylation sites is 1. The van der Waals surface area contributed by atoms with Crippen LogP contribution in [0.15, 0.2) is 53.4 Å². The van der Waals surface area contributed by atoms with Gasteiger partial charge in [0.2, 0.25) is 10.0 Å². The summed E-state index contributed by atoms with van der Waals surface area (Å²) in [5.74, 6) is 0.823. The van der Waals surface area contributed by atoms with E-state index in [1.165, 1.54) is 28.6 Å². The summed E-state index contributed by atoms with van der Waals surface area (Å²) in [5, 5.41) is 7.57. The van der Waals surface area contributed by atoms with Gasteiger partial charge in [-0.25, -0.2) is 13.1 Å². The third-order valence-electron chi connectivity index (χ3n) is 6.06. The molecule has 3 heterocycles. The molecule has 1 saturated heterocycles. The number of amides is 1. The first-order chi connectivity index (χ1) is 15.8. The number of hydrogen-bond acceptors (Lipinski definition) is 5. The van der Waals surface area contributed by atoms with E-state index < -0.39 is 20.8 Å². The standard InChI is InChI=1S/C23H24N4O4S2/c1-16-6-2-3-7-21(16)27-22(19-14-32(29)15-20(19)25-27)24-23(28)17-8-10-18(11-9-17)33(30,31)26-12-4-5-13-26/h2-3,6-11H,4-5,12-15H2,1H3,(H,24,28)/t32-/m0/s1. The molecule has 0 aliphatic carbocycles. The Morgan fingerprint density at radius 1 is 1.03 bits per heavy atom. The second kappa shape index (κ2) is 8.51. The number of hydrogen-bond donors (Lipinski definition) is 1. The number of aromatic nitrogens is 2. The fourth-order valence-corrected chi connectivity index (χ4v) is 7.05. The predicted octanol–water partition coefficient (Wildman–Crippen LogP) is 2.98. The molecule has 1 atom stereocenters. The van der Waals surface area contributed by atoms with E-state index in [2.05, 4.69) is 10.4 Å². The second-order valence-corrected chi connectivity index (χ2v) is 11.7. The maximum atomic E-state index is 13.1. The SMILES string of the molecule is Cc1ccccc1-n1nc2c(c1NC(=O)c1ccc(S(=O)(=O)N3CCCC3)cc1)C[S@](=O)C2. The molecule has 172 valence electrons. The van der Waals surface area contributed by atoms with Crippen LogP contribution >= 0.6 is 0 Å². The van der Waals surface area contributed by atoms with Gasteiger partial charge in [0.25, 0.3) is 5.91 Å². The molecule has 3 aromatic rings.